The first kappa shape index (κ1) is 17.9. The lowest BCUT2D eigenvalue weighted by Gasteiger charge is -2.13. The topological polar surface area (TPSA) is 128 Å². The lowest BCUT2D eigenvalue weighted by molar-refractivity contribution is -0.124. The van der Waals surface area contributed by atoms with E-state index in [-0.39, 0.29) is 17.4 Å². The summed E-state index contributed by atoms with van der Waals surface area (Å²) in [5.41, 5.74) is 0.430. The van der Waals surface area contributed by atoms with Crippen LogP contribution in [-0.4, -0.2) is 33.9 Å². The summed E-state index contributed by atoms with van der Waals surface area (Å²) < 4.78 is 0. The highest BCUT2D eigenvalue weighted by atomic mass is 16.4. The van der Waals surface area contributed by atoms with E-state index in [1.165, 1.54) is 19.1 Å². The Labute approximate surface area is 142 Å². The number of pyridine rings is 1. The fourth-order valence-electron chi connectivity index (χ4n) is 2.20. The van der Waals surface area contributed by atoms with Crippen molar-refractivity contribution in [2.45, 2.75) is 19.9 Å². The number of aromatic nitrogens is 1. The zero-order chi connectivity index (χ0) is 18.6. The minimum atomic E-state index is -1.30. The van der Waals surface area contributed by atoms with Crippen LogP contribution in [0.5, 0.6) is 0 Å². The monoisotopic (exact) mass is 343 g/mol. The lowest BCUT2D eigenvalue weighted by Crippen LogP contribution is -2.40. The first-order valence-electron chi connectivity index (χ1n) is 7.43. The second-order valence-corrected chi connectivity index (χ2v) is 5.41. The number of carbonyl (C=O) groups excluding carboxylic acids is 2. The Morgan fingerprint density at radius 3 is 2.48 bits per heavy atom. The zero-order valence-corrected chi connectivity index (χ0v) is 13.6. The summed E-state index contributed by atoms with van der Waals surface area (Å²) in [5.74, 6) is -2.00. The van der Waals surface area contributed by atoms with E-state index >= 15 is 0 Å². The number of anilines is 1. The summed E-state index contributed by atoms with van der Waals surface area (Å²) in [6.45, 7) is 2.88. The molecule has 2 amide bonds. The number of aromatic amines is 1. The highest BCUT2D eigenvalue weighted by Crippen LogP contribution is 2.20. The summed E-state index contributed by atoms with van der Waals surface area (Å²) in [4.78, 5) is 48.2. The number of rotatable bonds is 5. The molecule has 25 heavy (non-hydrogen) atoms. The van der Waals surface area contributed by atoms with Crippen molar-refractivity contribution in [3.63, 3.8) is 0 Å². The average Bonchev–Trinajstić information content (AvgIpc) is 2.54. The molecule has 0 aliphatic carbocycles. The van der Waals surface area contributed by atoms with Crippen LogP contribution in [0, 0.1) is 0 Å². The van der Waals surface area contributed by atoms with Gasteiger partial charge in [0, 0.05) is 23.9 Å². The third-order valence-electron chi connectivity index (χ3n) is 3.39. The predicted octanol–water partition coefficient (Wildman–Crippen LogP) is 1.20. The molecule has 1 aromatic heterocycles. The van der Waals surface area contributed by atoms with E-state index in [1.807, 2.05) is 0 Å². The van der Waals surface area contributed by atoms with Crippen molar-refractivity contribution in [1.82, 2.24) is 10.3 Å². The number of carboxylic acids is 1. The number of H-pyrrole nitrogens is 1. The van der Waals surface area contributed by atoms with Crippen LogP contribution >= 0.6 is 0 Å². The van der Waals surface area contributed by atoms with E-state index in [9.17, 15) is 19.2 Å². The summed E-state index contributed by atoms with van der Waals surface area (Å²) >= 11 is 0. The zero-order valence-electron chi connectivity index (χ0n) is 13.6. The van der Waals surface area contributed by atoms with Gasteiger partial charge in [0.05, 0.1) is 0 Å². The molecule has 130 valence electrons. The average molecular weight is 343 g/mol. The van der Waals surface area contributed by atoms with Gasteiger partial charge >= 0.3 is 5.97 Å². The van der Waals surface area contributed by atoms with Crippen LogP contribution < -0.4 is 16.2 Å². The molecule has 1 atom stereocenters. The van der Waals surface area contributed by atoms with Gasteiger partial charge in [-0.2, -0.15) is 0 Å². The van der Waals surface area contributed by atoms with Crippen molar-refractivity contribution in [2.24, 2.45) is 0 Å². The smallest absolute Gasteiger partial charge is 0.341 e. The molecule has 8 nitrogen and oxygen atoms in total. The van der Waals surface area contributed by atoms with Crippen LogP contribution in [0.25, 0.3) is 11.3 Å². The highest BCUT2D eigenvalue weighted by molar-refractivity contribution is 5.97. The van der Waals surface area contributed by atoms with E-state index in [0.717, 1.165) is 0 Å². The van der Waals surface area contributed by atoms with Crippen LogP contribution in [0.3, 0.4) is 0 Å². The molecule has 1 heterocycles. The normalized spacial score (nSPS) is 11.4. The highest BCUT2D eigenvalue weighted by Gasteiger charge is 2.14. The quantitative estimate of drug-likeness (QED) is 0.648. The summed E-state index contributed by atoms with van der Waals surface area (Å²) in [6.07, 6.45) is 0. The van der Waals surface area contributed by atoms with E-state index in [0.29, 0.717) is 16.9 Å². The third-order valence-corrected chi connectivity index (χ3v) is 3.39. The number of nitrogens with one attached hydrogen (secondary N) is 3. The van der Waals surface area contributed by atoms with E-state index in [1.54, 1.807) is 31.2 Å². The van der Waals surface area contributed by atoms with Crippen molar-refractivity contribution in [2.75, 3.05) is 5.32 Å². The van der Waals surface area contributed by atoms with Crippen LogP contribution in [0.15, 0.2) is 41.2 Å². The molecule has 2 rings (SSSR count). The van der Waals surface area contributed by atoms with Gasteiger partial charge in [0.2, 0.25) is 11.8 Å². The Morgan fingerprint density at radius 2 is 1.88 bits per heavy atom. The number of benzene rings is 1. The maximum atomic E-state index is 12.0. The molecule has 0 saturated carbocycles. The molecule has 8 heteroatoms. The SMILES string of the molecule is CC(=O)N[C@@H](C)C(=O)Nc1cccc(-c2ccc(C(=O)O)c(=O)[nH]2)c1. The second kappa shape index (κ2) is 7.43. The van der Waals surface area contributed by atoms with Crippen molar-refractivity contribution in [3.05, 3.63) is 52.3 Å². The predicted molar refractivity (Wildman–Crippen MR) is 91.4 cm³/mol. The summed E-state index contributed by atoms with van der Waals surface area (Å²) in [7, 11) is 0. The Morgan fingerprint density at radius 1 is 1.16 bits per heavy atom. The Bertz CT molecular complexity index is 888. The molecule has 0 spiro atoms. The molecule has 0 radical (unpaired) electrons. The maximum absolute atomic E-state index is 12.0. The molecule has 0 aliphatic rings. The fourth-order valence-corrected chi connectivity index (χ4v) is 2.20. The van der Waals surface area contributed by atoms with Gasteiger partial charge in [-0.15, -0.1) is 0 Å². The number of carbonyl (C=O) groups is 3. The summed E-state index contributed by atoms with van der Waals surface area (Å²) in [6, 6.07) is 8.67. The summed E-state index contributed by atoms with van der Waals surface area (Å²) in [5, 5.41) is 14.0. The van der Waals surface area contributed by atoms with Gasteiger partial charge in [0.25, 0.3) is 5.56 Å². The first-order chi connectivity index (χ1) is 11.8. The minimum absolute atomic E-state index is 0.313. The number of hydrogen-bond donors (Lipinski definition) is 4. The Kier molecular flexibility index (Phi) is 5.33. The number of amides is 2. The molecule has 0 fully saturated rings. The van der Waals surface area contributed by atoms with Crippen molar-refractivity contribution in [3.8, 4) is 11.3 Å². The Balaban J connectivity index is 2.23. The first-order valence-corrected chi connectivity index (χ1v) is 7.43. The van der Waals surface area contributed by atoms with E-state index in [4.69, 9.17) is 5.11 Å². The van der Waals surface area contributed by atoms with Crippen molar-refractivity contribution in [1.29, 1.82) is 0 Å². The van der Waals surface area contributed by atoms with Gasteiger partial charge in [-0.25, -0.2) is 4.79 Å². The maximum Gasteiger partial charge on any atom is 0.341 e. The van der Waals surface area contributed by atoms with Crippen LogP contribution in [-0.2, 0) is 9.59 Å². The van der Waals surface area contributed by atoms with Gasteiger partial charge in [-0.05, 0) is 31.2 Å². The second-order valence-electron chi connectivity index (χ2n) is 5.41. The molecular formula is C17H17N3O5. The van der Waals surface area contributed by atoms with Crippen LogP contribution in [0.4, 0.5) is 5.69 Å². The molecule has 1 aromatic carbocycles. The molecule has 0 aliphatic heterocycles. The van der Waals surface area contributed by atoms with E-state index < -0.39 is 17.6 Å². The van der Waals surface area contributed by atoms with Gasteiger partial charge in [0.1, 0.15) is 11.6 Å². The number of carboxylic acid groups (broad SMARTS) is 1. The van der Waals surface area contributed by atoms with Gasteiger partial charge in [-0.1, -0.05) is 12.1 Å². The van der Waals surface area contributed by atoms with Crippen molar-refractivity contribution >= 4 is 23.5 Å². The molecule has 0 unspecified atom stereocenters. The van der Waals surface area contributed by atoms with Crippen LogP contribution in [0.2, 0.25) is 0 Å². The van der Waals surface area contributed by atoms with E-state index in [2.05, 4.69) is 15.6 Å². The molecular weight excluding hydrogens is 326 g/mol. The minimum Gasteiger partial charge on any atom is -0.477 e. The van der Waals surface area contributed by atoms with Gasteiger partial charge in [0.15, 0.2) is 0 Å². The van der Waals surface area contributed by atoms with Crippen LogP contribution in [0.1, 0.15) is 24.2 Å². The Hall–Kier alpha value is -3.42. The third kappa shape index (κ3) is 4.54. The molecule has 0 bridgehead atoms. The molecule has 4 N–H and O–H groups in total. The van der Waals surface area contributed by atoms with Gasteiger partial charge < -0.3 is 20.7 Å². The van der Waals surface area contributed by atoms with Gasteiger partial charge in [-0.3, -0.25) is 14.4 Å². The largest absolute Gasteiger partial charge is 0.477 e. The van der Waals surface area contributed by atoms with Crippen molar-refractivity contribution < 1.29 is 19.5 Å². The number of hydrogen-bond acceptors (Lipinski definition) is 4. The molecule has 2 aromatic rings. The standard InChI is InChI=1S/C17H17N3O5/c1-9(18-10(2)21)15(22)19-12-5-3-4-11(8-12)14-7-6-13(17(24)25)16(23)20-14/h3-9H,1-2H3,(H,18,21)(H,19,22)(H,20,23)(H,24,25)/t9-/m0/s1. The lowest BCUT2D eigenvalue weighted by atomic mass is 10.1. The molecule has 0 saturated heterocycles. The fraction of sp³-hybridized carbons (Fsp3) is 0.176. The number of aromatic carboxylic acids is 1.